The molecule has 0 bridgehead atoms. The fourth-order valence-electron chi connectivity index (χ4n) is 4.09. The lowest BCUT2D eigenvalue weighted by Gasteiger charge is -2.42. The Morgan fingerprint density at radius 1 is 0.512 bits per heavy atom. The second-order valence-electron chi connectivity index (χ2n) is 12.6. The van der Waals surface area contributed by atoms with E-state index in [-0.39, 0.29) is 0 Å². The van der Waals surface area contributed by atoms with Crippen LogP contribution in [-0.4, -0.2) is 50.4 Å². The molecule has 0 aromatic heterocycles. The molecule has 0 unspecified atom stereocenters. The Morgan fingerprint density at radius 3 is 1.12 bits per heavy atom. The second kappa shape index (κ2) is 15.5. The van der Waals surface area contributed by atoms with Gasteiger partial charge in [0.05, 0.1) is 0 Å². The lowest BCUT2D eigenvalue weighted by molar-refractivity contribution is -0.0476. The molecular weight excluding hydrogens is 549 g/mol. The normalized spacial score (nSPS) is 13.1. The molecule has 0 aliphatic rings. The molecule has 0 atom stereocenters. The van der Waals surface area contributed by atoms with Crippen molar-refractivity contribution in [3.63, 3.8) is 0 Å². The topological polar surface area (TPSA) is 66.4 Å². The third kappa shape index (κ3) is 15.7. The Kier molecular flexibility index (Phi) is 14.7. The molecule has 0 amide bonds. The number of rotatable bonds is 17. The molecular formula is C33H52O6Si2. The van der Waals surface area contributed by atoms with Crippen molar-refractivity contribution in [2.45, 2.75) is 149 Å². The summed E-state index contributed by atoms with van der Waals surface area (Å²) in [4.78, 5) is 11.5. The largest absolute Gasteiger partial charge is 0.504 e. The smallest absolute Gasteiger partial charge is 0.390 e. The fraction of sp³-hybridized carbons (Fsp3) is 0.697. The van der Waals surface area contributed by atoms with E-state index in [2.05, 4.69) is 41.4 Å². The minimum atomic E-state index is -3.64. The van der Waals surface area contributed by atoms with Crippen molar-refractivity contribution in [3.05, 3.63) is 0 Å². The number of unbranched alkanes of at least 4 members (excludes halogenated alkanes) is 3. The molecule has 0 heterocycles. The van der Waals surface area contributed by atoms with Crippen LogP contribution >= 0.6 is 0 Å². The summed E-state index contributed by atoms with van der Waals surface area (Å²) in [6.07, 6.45) is 20.3. The van der Waals surface area contributed by atoms with Crippen LogP contribution in [0.3, 0.4) is 0 Å². The molecule has 0 aliphatic heterocycles. The molecule has 0 saturated carbocycles. The average molecular weight is 601 g/mol. The summed E-state index contributed by atoms with van der Waals surface area (Å²) in [7, 11) is -7.13. The first kappa shape index (κ1) is 39.0. The molecule has 1 N–H and O–H groups in total. The summed E-state index contributed by atoms with van der Waals surface area (Å²) in [6.45, 7) is 21.5. The van der Waals surface area contributed by atoms with Gasteiger partial charge in [-0.15, -0.1) is 31.1 Å². The van der Waals surface area contributed by atoms with E-state index in [4.69, 9.17) is 41.4 Å². The van der Waals surface area contributed by atoms with E-state index in [0.717, 1.165) is 12.8 Å². The number of terminal acetylenes is 3. The summed E-state index contributed by atoms with van der Waals surface area (Å²) >= 11 is 0. The van der Waals surface area contributed by atoms with E-state index >= 15 is 0 Å². The highest BCUT2D eigenvalue weighted by Crippen LogP contribution is 2.34. The highest BCUT2D eigenvalue weighted by atomic mass is 28.4. The maximum atomic E-state index is 11.5. The molecule has 0 rings (SSSR count). The number of hydrogen-bond donors (Lipinski definition) is 1. The van der Waals surface area contributed by atoms with Crippen molar-refractivity contribution in [2.75, 3.05) is 0 Å². The zero-order valence-electron chi connectivity index (χ0n) is 27.5. The molecule has 0 aromatic carbocycles. The molecule has 6 nitrogen and oxygen atoms in total. The molecule has 228 valence electrons. The number of hydrogen-bond acceptors (Lipinski definition) is 6. The summed E-state index contributed by atoms with van der Waals surface area (Å²) in [5.74, 6) is 19.7. The minimum Gasteiger partial charge on any atom is -0.390 e. The quantitative estimate of drug-likeness (QED) is 0.119. The van der Waals surface area contributed by atoms with Gasteiger partial charge in [-0.05, 0) is 95.9 Å². The highest BCUT2D eigenvalue weighted by Gasteiger charge is 2.51. The lowest BCUT2D eigenvalue weighted by Crippen LogP contribution is -2.57. The maximum absolute atomic E-state index is 11.5. The van der Waals surface area contributed by atoms with Crippen molar-refractivity contribution < 1.29 is 26.9 Å². The first-order chi connectivity index (χ1) is 18.5. The van der Waals surface area contributed by atoms with Gasteiger partial charge in [-0.3, -0.25) is 0 Å². The Bertz CT molecular complexity index is 1000. The predicted octanol–water partition coefficient (Wildman–Crippen LogP) is 6.34. The molecule has 0 spiro atoms. The molecule has 0 radical (unpaired) electrons. The third-order valence-electron chi connectivity index (χ3n) is 5.68. The Labute approximate surface area is 253 Å². The van der Waals surface area contributed by atoms with Crippen LogP contribution in [0.4, 0.5) is 0 Å². The van der Waals surface area contributed by atoms with Crippen LogP contribution in [0.25, 0.3) is 0 Å². The van der Waals surface area contributed by atoms with Gasteiger partial charge in [0, 0.05) is 12.1 Å². The van der Waals surface area contributed by atoms with Gasteiger partial charge in [0.15, 0.2) is 0 Å². The summed E-state index contributed by atoms with van der Waals surface area (Å²) in [5.41, 5.74) is -4.59. The molecule has 0 aliphatic carbocycles. The van der Waals surface area contributed by atoms with Crippen molar-refractivity contribution in [2.24, 2.45) is 0 Å². The van der Waals surface area contributed by atoms with Crippen molar-refractivity contribution in [1.29, 1.82) is 0 Å². The summed E-state index contributed by atoms with van der Waals surface area (Å²) in [6, 6.07) is 0.822. The van der Waals surface area contributed by atoms with Crippen LogP contribution in [0.5, 0.6) is 0 Å². The van der Waals surface area contributed by atoms with E-state index in [0.29, 0.717) is 24.9 Å². The van der Waals surface area contributed by atoms with Crippen LogP contribution < -0.4 is 0 Å². The molecule has 0 aromatic rings. The van der Waals surface area contributed by atoms with Crippen molar-refractivity contribution >= 4 is 17.6 Å². The Hall–Kier alpha value is -2.01. The Balaban J connectivity index is 5.79. The lowest BCUT2D eigenvalue weighted by atomic mass is 10.1. The third-order valence-corrected chi connectivity index (χ3v) is 11.8. The first-order valence-electron chi connectivity index (χ1n) is 14.1. The van der Waals surface area contributed by atoms with E-state index in [1.807, 2.05) is 27.7 Å². The van der Waals surface area contributed by atoms with E-state index in [9.17, 15) is 4.80 Å². The summed E-state index contributed by atoms with van der Waals surface area (Å²) < 4.78 is 31.6. The first-order valence-corrected chi connectivity index (χ1v) is 18.0. The zero-order chi connectivity index (χ0) is 32.2. The van der Waals surface area contributed by atoms with Crippen LogP contribution in [0.15, 0.2) is 0 Å². The molecule has 8 heteroatoms. The molecule has 41 heavy (non-hydrogen) atoms. The maximum Gasteiger partial charge on any atom is 0.504 e. The predicted molar refractivity (Wildman–Crippen MR) is 171 cm³/mol. The second-order valence-corrected chi connectivity index (χ2v) is 17.4. The van der Waals surface area contributed by atoms with E-state index < -0.39 is 45.6 Å². The van der Waals surface area contributed by atoms with Crippen LogP contribution in [0, 0.1) is 60.7 Å². The van der Waals surface area contributed by atoms with Crippen LogP contribution in [0.2, 0.25) is 12.1 Å². The molecule has 0 saturated heterocycles. The van der Waals surface area contributed by atoms with Crippen molar-refractivity contribution in [1.82, 2.24) is 0 Å². The molecule has 0 fully saturated rings. The highest BCUT2D eigenvalue weighted by molar-refractivity contribution is 6.61. The standard InChI is InChI=1S/C33H52O6Si2/c1-16-25-32(12,13)35-40(34,36-33(14,15)26-17-2)27-23-21-22-24-28-41(37-29(6,7)18-3,38-30(8,9)19-4)39-31(10,11)20-5/h3-5,34H,21-24,27-28H2,1-2,6-15H3. The fourth-order valence-corrected chi connectivity index (χ4v) is 10.4. The van der Waals surface area contributed by atoms with Crippen LogP contribution in [0.1, 0.15) is 109 Å². The SMILES string of the molecule is C#CC(C)(C)O[Si](CCCCCC[Si](O)(OC(C)(C)C#CC)OC(C)(C)C#CC)(OC(C)(C)C#C)OC(C)(C)C#C. The van der Waals surface area contributed by atoms with E-state index in [1.165, 1.54) is 0 Å². The van der Waals surface area contributed by atoms with Gasteiger partial charge >= 0.3 is 17.6 Å². The van der Waals surface area contributed by atoms with Crippen molar-refractivity contribution in [3.8, 4) is 60.7 Å². The average Bonchev–Trinajstić information content (AvgIpc) is 2.79. The van der Waals surface area contributed by atoms with Gasteiger partial charge in [0.2, 0.25) is 0 Å². The summed E-state index contributed by atoms with van der Waals surface area (Å²) in [5, 5.41) is 0. The van der Waals surface area contributed by atoms with Gasteiger partial charge in [0.25, 0.3) is 0 Å². The van der Waals surface area contributed by atoms with E-state index in [1.54, 1.807) is 55.4 Å². The van der Waals surface area contributed by atoms with Crippen LogP contribution in [-0.2, 0) is 22.1 Å². The van der Waals surface area contributed by atoms with Gasteiger partial charge in [-0.25, -0.2) is 0 Å². The Morgan fingerprint density at radius 2 is 0.829 bits per heavy atom. The van der Waals surface area contributed by atoms with Gasteiger partial charge in [-0.1, -0.05) is 42.4 Å². The minimum absolute atomic E-state index is 0.362. The van der Waals surface area contributed by atoms with Gasteiger partial charge < -0.3 is 26.9 Å². The van der Waals surface area contributed by atoms with Gasteiger partial charge in [-0.2, -0.15) is 0 Å². The van der Waals surface area contributed by atoms with Gasteiger partial charge in [0.1, 0.15) is 28.0 Å². The monoisotopic (exact) mass is 600 g/mol. The zero-order valence-corrected chi connectivity index (χ0v) is 29.5.